The minimum Gasteiger partial charge on any atom is -0.354 e. The Morgan fingerprint density at radius 1 is 0.354 bits per heavy atom. The minimum atomic E-state index is 0.163. The molecule has 10 aromatic carbocycles. The predicted molar refractivity (Wildman–Crippen MR) is 275 cm³/mol. The number of fused-ring (bicyclic) bond motifs is 10. The number of benzene rings is 10. The van der Waals surface area contributed by atoms with Crippen molar-refractivity contribution in [3.8, 4) is 67.3 Å². The molecule has 4 nitrogen and oxygen atoms in total. The van der Waals surface area contributed by atoms with Crippen LogP contribution in [0.1, 0.15) is 0 Å². The van der Waals surface area contributed by atoms with Crippen LogP contribution in [0.2, 0.25) is 5.28 Å². The summed E-state index contributed by atoms with van der Waals surface area (Å²) in [5.74, 6) is 1.08. The summed E-state index contributed by atoms with van der Waals surface area (Å²) in [4.78, 5) is 17.6. The fraction of sp³-hybridized carbons (Fsp3) is 0. The first-order valence-corrected chi connectivity index (χ1v) is 22.9. The number of hydrogen-bond donors (Lipinski definition) is 1. The third kappa shape index (κ3) is 6.31. The molecule has 6 heteroatoms. The van der Waals surface area contributed by atoms with E-state index >= 15 is 0 Å². The van der Waals surface area contributed by atoms with Crippen molar-refractivity contribution < 1.29 is 0 Å². The number of hydrogen-bond acceptors (Lipinski definition) is 4. The molecule has 3 aromatic heterocycles. The highest BCUT2D eigenvalue weighted by Gasteiger charge is 2.18. The molecule has 0 amide bonds. The van der Waals surface area contributed by atoms with Gasteiger partial charge >= 0.3 is 0 Å². The molecule has 13 aromatic rings. The lowest BCUT2D eigenvalue weighted by Gasteiger charge is -2.10. The second kappa shape index (κ2) is 15.1. The van der Waals surface area contributed by atoms with E-state index in [1.807, 2.05) is 53.8 Å². The molecule has 1 N–H and O–H groups in total. The summed E-state index contributed by atoms with van der Waals surface area (Å²) in [6.07, 6.45) is 0. The summed E-state index contributed by atoms with van der Waals surface area (Å²) >= 11 is 8.35. The van der Waals surface area contributed by atoms with Gasteiger partial charge in [0, 0.05) is 58.7 Å². The van der Waals surface area contributed by atoms with E-state index in [0.29, 0.717) is 11.6 Å². The lowest BCUT2D eigenvalue weighted by molar-refractivity contribution is 1.07. The van der Waals surface area contributed by atoms with Crippen LogP contribution in [-0.4, -0.2) is 19.9 Å². The fourth-order valence-corrected chi connectivity index (χ4v) is 11.1. The van der Waals surface area contributed by atoms with Gasteiger partial charge in [0.1, 0.15) is 0 Å². The Labute approximate surface area is 383 Å². The van der Waals surface area contributed by atoms with Gasteiger partial charge in [0.15, 0.2) is 11.6 Å². The zero-order valence-electron chi connectivity index (χ0n) is 34.8. The van der Waals surface area contributed by atoms with E-state index in [1.165, 1.54) is 80.3 Å². The molecule has 0 fully saturated rings. The molecule has 65 heavy (non-hydrogen) atoms. The average Bonchev–Trinajstić information content (AvgIpc) is 3.96. The van der Waals surface area contributed by atoms with E-state index in [4.69, 9.17) is 16.6 Å². The Morgan fingerprint density at radius 3 is 1.62 bits per heavy atom. The second-order valence-electron chi connectivity index (χ2n) is 16.5. The topological polar surface area (TPSA) is 54.5 Å². The molecule has 0 bridgehead atoms. The van der Waals surface area contributed by atoms with Crippen LogP contribution in [0.5, 0.6) is 0 Å². The molecular weight excluding hydrogens is 832 g/mol. The Balaban J connectivity index is 0.815. The quantitative estimate of drug-likeness (QED) is 0.181. The summed E-state index contributed by atoms with van der Waals surface area (Å²) in [6.45, 7) is 0. The number of para-hydroxylation sites is 1. The zero-order valence-corrected chi connectivity index (χ0v) is 36.3. The lowest BCUT2D eigenvalue weighted by Crippen LogP contribution is -1.97. The van der Waals surface area contributed by atoms with Gasteiger partial charge in [0.05, 0.1) is 5.52 Å². The van der Waals surface area contributed by atoms with Gasteiger partial charge in [0.2, 0.25) is 5.28 Å². The number of nitrogens with one attached hydrogen (secondary N) is 1. The van der Waals surface area contributed by atoms with E-state index in [0.717, 1.165) is 38.9 Å². The molecular formula is C59H35ClN4S. The van der Waals surface area contributed by atoms with Gasteiger partial charge in [0.25, 0.3) is 0 Å². The first-order valence-electron chi connectivity index (χ1n) is 21.7. The summed E-state index contributed by atoms with van der Waals surface area (Å²) in [6, 6.07) is 73.7. The molecule has 0 radical (unpaired) electrons. The maximum atomic E-state index is 6.46. The van der Waals surface area contributed by atoms with Crippen LogP contribution in [0.3, 0.4) is 0 Å². The summed E-state index contributed by atoms with van der Waals surface area (Å²) in [5, 5.41) is 10.3. The van der Waals surface area contributed by atoms with E-state index in [9.17, 15) is 0 Å². The van der Waals surface area contributed by atoms with E-state index in [2.05, 4.69) is 179 Å². The van der Waals surface area contributed by atoms with E-state index < -0.39 is 0 Å². The molecule has 0 saturated heterocycles. The highest BCUT2D eigenvalue weighted by molar-refractivity contribution is 7.26. The van der Waals surface area contributed by atoms with Crippen molar-refractivity contribution in [2.24, 2.45) is 0 Å². The molecule has 0 aliphatic carbocycles. The van der Waals surface area contributed by atoms with E-state index in [1.54, 1.807) is 0 Å². The SMILES string of the molecule is Clc1nc(-c2ccc(-c3ccccc3)cc2)nc(-c2ccc(-c3ccc(-c4cccc5c4ccc4sc6c(-c7cccc8c7[nH]c7ccc9ccccc9c78)cccc6c45)cc3)cc2)n1. The van der Waals surface area contributed by atoms with Gasteiger partial charge in [-0.1, -0.05) is 194 Å². The van der Waals surface area contributed by atoms with Gasteiger partial charge in [-0.05, 0) is 78.7 Å². The number of rotatable bonds is 6. The molecule has 13 rings (SSSR count). The predicted octanol–water partition coefficient (Wildman–Crippen LogP) is 16.8. The maximum absolute atomic E-state index is 6.46. The largest absolute Gasteiger partial charge is 0.354 e. The van der Waals surface area contributed by atoms with Crippen molar-refractivity contribution >= 4 is 86.5 Å². The third-order valence-electron chi connectivity index (χ3n) is 12.9. The van der Waals surface area contributed by atoms with Gasteiger partial charge in [-0.15, -0.1) is 11.3 Å². The van der Waals surface area contributed by atoms with Crippen LogP contribution >= 0.6 is 22.9 Å². The van der Waals surface area contributed by atoms with Crippen LogP contribution in [0.4, 0.5) is 0 Å². The van der Waals surface area contributed by atoms with Gasteiger partial charge in [-0.3, -0.25) is 0 Å². The van der Waals surface area contributed by atoms with Crippen molar-refractivity contribution in [2.45, 2.75) is 0 Å². The summed E-state index contributed by atoms with van der Waals surface area (Å²) in [7, 11) is 0. The molecule has 304 valence electrons. The van der Waals surface area contributed by atoms with Gasteiger partial charge in [-0.25, -0.2) is 4.98 Å². The number of nitrogens with zero attached hydrogens (tertiary/aromatic N) is 3. The normalized spacial score (nSPS) is 11.8. The molecule has 0 atom stereocenters. The summed E-state index contributed by atoms with van der Waals surface area (Å²) < 4.78 is 2.60. The minimum absolute atomic E-state index is 0.163. The Morgan fingerprint density at radius 2 is 0.908 bits per heavy atom. The number of aromatic amines is 1. The van der Waals surface area contributed by atoms with Gasteiger partial charge < -0.3 is 4.98 Å². The highest BCUT2D eigenvalue weighted by atomic mass is 35.5. The number of aromatic nitrogens is 4. The smallest absolute Gasteiger partial charge is 0.226 e. The third-order valence-corrected chi connectivity index (χ3v) is 14.2. The van der Waals surface area contributed by atoms with Crippen molar-refractivity contribution in [3.05, 3.63) is 212 Å². The Kier molecular flexibility index (Phi) is 8.73. The first kappa shape index (κ1) is 37.6. The maximum Gasteiger partial charge on any atom is 0.226 e. The molecule has 0 unspecified atom stereocenters. The molecule has 3 heterocycles. The number of H-pyrrole nitrogens is 1. The molecule has 0 saturated carbocycles. The van der Waals surface area contributed by atoms with Crippen molar-refractivity contribution in [1.29, 1.82) is 0 Å². The van der Waals surface area contributed by atoms with Crippen LogP contribution < -0.4 is 0 Å². The molecule has 0 aliphatic heterocycles. The lowest BCUT2D eigenvalue weighted by atomic mass is 9.93. The zero-order chi connectivity index (χ0) is 43.0. The first-order chi connectivity index (χ1) is 32.1. The van der Waals surface area contributed by atoms with Crippen LogP contribution in [0.25, 0.3) is 131 Å². The fourth-order valence-electron chi connectivity index (χ4n) is 9.74. The average molecular weight is 867 g/mol. The van der Waals surface area contributed by atoms with Crippen LogP contribution in [0, 0.1) is 0 Å². The summed E-state index contributed by atoms with van der Waals surface area (Å²) in [5.41, 5.74) is 13.5. The molecule has 0 spiro atoms. The van der Waals surface area contributed by atoms with Crippen molar-refractivity contribution in [3.63, 3.8) is 0 Å². The monoisotopic (exact) mass is 866 g/mol. The van der Waals surface area contributed by atoms with Gasteiger partial charge in [-0.2, -0.15) is 9.97 Å². The van der Waals surface area contributed by atoms with Crippen LogP contribution in [0.15, 0.2) is 206 Å². The van der Waals surface area contributed by atoms with E-state index in [-0.39, 0.29) is 5.28 Å². The number of halogens is 1. The van der Waals surface area contributed by atoms with Crippen molar-refractivity contribution in [1.82, 2.24) is 19.9 Å². The highest BCUT2D eigenvalue weighted by Crippen LogP contribution is 2.46. The van der Waals surface area contributed by atoms with Crippen molar-refractivity contribution in [2.75, 3.05) is 0 Å². The van der Waals surface area contributed by atoms with Crippen LogP contribution in [-0.2, 0) is 0 Å². The second-order valence-corrected chi connectivity index (χ2v) is 17.9. The number of thiophene rings is 1. The Bertz CT molecular complexity index is 3990. The Hall–Kier alpha value is -7.96. The standard InChI is InChI=1S/C59H35ClN4S/c60-59-63-57(41-27-21-36(22-28-41)35-9-2-1-3-10-35)62-58(64-59)42-29-23-38(24-30-42)37-19-25-40(26-20-37)43-13-6-14-46-45(43)32-34-52-54(46)50-18-8-16-48(56(50)65-52)47-15-7-17-49-53-44-12-5-4-11-39(44)31-33-51(53)61-55(47)49/h1-34,61H. The molecule has 0 aliphatic rings.